The van der Waals surface area contributed by atoms with Gasteiger partial charge in [0.05, 0.1) is 13.5 Å². The molecule has 13 nitrogen and oxygen atoms in total. The number of Topliss-reactive ketones (excluding diaryl/α,β-unsaturated/α-hetero) is 1. The normalized spacial score (nSPS) is 24.3. The van der Waals surface area contributed by atoms with Gasteiger partial charge in [-0.25, -0.2) is 4.79 Å². The molecule has 13 heteroatoms. The molecular formula is C26H31N3O10. The lowest BCUT2D eigenvalue weighted by Gasteiger charge is -2.25. The highest BCUT2D eigenvalue weighted by Gasteiger charge is 2.48. The molecule has 2 aliphatic heterocycles. The maximum absolute atomic E-state index is 13.0. The average molecular weight is 546 g/mol. The topological polar surface area (TPSA) is 165 Å². The van der Waals surface area contributed by atoms with E-state index in [4.69, 9.17) is 23.7 Å². The molecule has 3 heterocycles. The van der Waals surface area contributed by atoms with E-state index in [2.05, 4.69) is 10.3 Å². The minimum atomic E-state index is -1.26. The first-order valence-corrected chi connectivity index (χ1v) is 12.6. The molecule has 210 valence electrons. The highest BCUT2D eigenvalue weighted by Crippen LogP contribution is 2.33. The summed E-state index contributed by atoms with van der Waals surface area (Å²) >= 11 is 0. The van der Waals surface area contributed by atoms with Gasteiger partial charge in [0, 0.05) is 31.2 Å². The third-order valence-corrected chi connectivity index (χ3v) is 6.30. The number of nitrogens with zero attached hydrogens (tertiary/aromatic N) is 2. The van der Waals surface area contributed by atoms with E-state index < -0.39 is 48.4 Å². The van der Waals surface area contributed by atoms with Crippen LogP contribution in [0.4, 0.5) is 5.82 Å². The van der Waals surface area contributed by atoms with Crippen LogP contribution in [0.2, 0.25) is 0 Å². The van der Waals surface area contributed by atoms with Crippen LogP contribution in [0.5, 0.6) is 5.75 Å². The van der Waals surface area contributed by atoms with Crippen molar-refractivity contribution in [1.29, 1.82) is 0 Å². The number of carbonyl (C=O) groups is 3. The van der Waals surface area contributed by atoms with Crippen LogP contribution in [0.15, 0.2) is 41.3 Å². The van der Waals surface area contributed by atoms with Gasteiger partial charge in [-0.1, -0.05) is 0 Å². The van der Waals surface area contributed by atoms with Gasteiger partial charge in [0.15, 0.2) is 12.5 Å². The number of hydrogen-bond donors (Lipinski definition) is 2. The molecule has 2 aromatic rings. The SMILES string of the molecule is COc1ccc(C(=O)Nc2ccn([C@@H]3O[C@H](COC(=O)CCC(C)=O)[C@@H](O)[C@H]3OC3CCCO3)c(=O)n2)cc1. The lowest BCUT2D eigenvalue weighted by Crippen LogP contribution is -2.40. The van der Waals surface area contributed by atoms with Crippen molar-refractivity contribution in [1.82, 2.24) is 9.55 Å². The van der Waals surface area contributed by atoms with E-state index in [1.54, 1.807) is 24.3 Å². The van der Waals surface area contributed by atoms with Crippen molar-refractivity contribution < 1.29 is 43.2 Å². The van der Waals surface area contributed by atoms with E-state index in [0.29, 0.717) is 24.3 Å². The van der Waals surface area contributed by atoms with Gasteiger partial charge in [-0.3, -0.25) is 14.2 Å². The lowest BCUT2D eigenvalue weighted by atomic mass is 10.1. The van der Waals surface area contributed by atoms with E-state index in [9.17, 15) is 24.3 Å². The Morgan fingerprint density at radius 3 is 2.59 bits per heavy atom. The molecule has 2 aliphatic rings. The third-order valence-electron chi connectivity index (χ3n) is 6.30. The molecule has 5 atom stereocenters. The fourth-order valence-corrected chi connectivity index (χ4v) is 4.19. The zero-order valence-electron chi connectivity index (χ0n) is 21.6. The summed E-state index contributed by atoms with van der Waals surface area (Å²) in [6, 6.07) is 7.83. The quantitative estimate of drug-likeness (QED) is 0.390. The molecule has 0 aliphatic carbocycles. The van der Waals surface area contributed by atoms with Crippen LogP contribution >= 0.6 is 0 Å². The molecule has 2 saturated heterocycles. The summed E-state index contributed by atoms with van der Waals surface area (Å²) in [7, 11) is 1.52. The zero-order valence-corrected chi connectivity index (χ0v) is 21.6. The molecule has 2 N–H and O–H groups in total. The minimum Gasteiger partial charge on any atom is -0.497 e. The first kappa shape index (κ1) is 28.4. The van der Waals surface area contributed by atoms with Crippen LogP contribution in [0.3, 0.4) is 0 Å². The monoisotopic (exact) mass is 545 g/mol. The highest BCUT2D eigenvalue weighted by atomic mass is 16.7. The van der Waals surface area contributed by atoms with Gasteiger partial charge in [-0.05, 0) is 43.7 Å². The predicted molar refractivity (Wildman–Crippen MR) is 134 cm³/mol. The molecule has 0 saturated carbocycles. The zero-order chi connectivity index (χ0) is 27.9. The smallest absolute Gasteiger partial charge is 0.351 e. The average Bonchev–Trinajstić information content (AvgIpc) is 3.55. The summed E-state index contributed by atoms with van der Waals surface area (Å²) in [6.45, 7) is 1.56. The molecule has 2 fully saturated rings. The number of esters is 1. The number of ether oxygens (including phenoxy) is 5. The van der Waals surface area contributed by atoms with E-state index in [-0.39, 0.29) is 31.0 Å². The number of ketones is 1. The number of anilines is 1. The molecule has 0 bridgehead atoms. The van der Waals surface area contributed by atoms with Gasteiger partial charge in [-0.15, -0.1) is 0 Å². The Kier molecular flexibility index (Phi) is 9.41. The Labute approximate surface area is 224 Å². The molecule has 1 aromatic heterocycles. The van der Waals surface area contributed by atoms with Crippen LogP contribution in [-0.4, -0.2) is 77.2 Å². The largest absolute Gasteiger partial charge is 0.497 e. The molecule has 1 aromatic carbocycles. The summed E-state index contributed by atoms with van der Waals surface area (Å²) < 4.78 is 28.8. The van der Waals surface area contributed by atoms with Crippen molar-refractivity contribution >= 4 is 23.5 Å². The van der Waals surface area contributed by atoms with E-state index in [1.807, 2.05) is 0 Å². The van der Waals surface area contributed by atoms with Gasteiger partial charge < -0.3 is 38.9 Å². The number of carbonyl (C=O) groups excluding carboxylic acids is 3. The Morgan fingerprint density at radius 2 is 1.95 bits per heavy atom. The molecule has 4 rings (SSSR count). The number of aromatic nitrogens is 2. The van der Waals surface area contributed by atoms with Crippen molar-refractivity contribution in [3.8, 4) is 5.75 Å². The van der Waals surface area contributed by atoms with Crippen LogP contribution in [0.25, 0.3) is 0 Å². The standard InChI is InChI=1S/C26H31N3O10/c1-15(30)5-10-20(31)37-14-18-22(32)23(39-21-4-3-13-36-21)25(38-18)29-12-11-19(28-26(29)34)27-24(33)16-6-8-17(35-2)9-7-16/h6-9,11-12,18,21-23,25,32H,3-5,10,13-14H2,1-2H3,(H,27,28,33,34)/t18-,21?,22-,23-,25-/m1/s1. The van der Waals surface area contributed by atoms with E-state index in [0.717, 1.165) is 11.0 Å². The molecule has 39 heavy (non-hydrogen) atoms. The Morgan fingerprint density at radius 1 is 1.18 bits per heavy atom. The maximum Gasteiger partial charge on any atom is 0.351 e. The lowest BCUT2D eigenvalue weighted by molar-refractivity contribution is -0.182. The molecule has 1 amide bonds. The number of nitrogens with one attached hydrogen (secondary N) is 1. The summed E-state index contributed by atoms with van der Waals surface area (Å²) in [5.41, 5.74) is -0.422. The fourth-order valence-electron chi connectivity index (χ4n) is 4.19. The van der Waals surface area contributed by atoms with Gasteiger partial charge >= 0.3 is 11.7 Å². The number of aliphatic hydroxyl groups is 1. The first-order chi connectivity index (χ1) is 18.7. The van der Waals surface area contributed by atoms with Crippen molar-refractivity contribution in [2.45, 2.75) is 63.4 Å². The van der Waals surface area contributed by atoms with Crippen molar-refractivity contribution in [2.24, 2.45) is 0 Å². The van der Waals surface area contributed by atoms with Crippen LogP contribution in [-0.2, 0) is 28.5 Å². The third kappa shape index (κ3) is 7.26. The second kappa shape index (κ2) is 12.9. The molecular weight excluding hydrogens is 514 g/mol. The Bertz CT molecular complexity index is 1230. The number of methoxy groups -OCH3 is 1. The second-order valence-electron chi connectivity index (χ2n) is 9.17. The summed E-state index contributed by atoms with van der Waals surface area (Å²) in [5.74, 6) is -0.624. The number of amides is 1. The van der Waals surface area contributed by atoms with Crippen molar-refractivity contribution in [3.05, 3.63) is 52.6 Å². The fraction of sp³-hybridized carbons (Fsp3) is 0.500. The number of aliphatic hydroxyl groups excluding tert-OH is 1. The summed E-state index contributed by atoms with van der Waals surface area (Å²) in [6.07, 6.45) is -2.32. The molecule has 0 radical (unpaired) electrons. The Hall–Kier alpha value is -3.65. The van der Waals surface area contributed by atoms with Gasteiger partial charge in [-0.2, -0.15) is 4.98 Å². The number of rotatable bonds is 11. The predicted octanol–water partition coefficient (Wildman–Crippen LogP) is 1.20. The van der Waals surface area contributed by atoms with Gasteiger partial charge in [0.25, 0.3) is 5.91 Å². The van der Waals surface area contributed by atoms with Gasteiger partial charge in [0.1, 0.15) is 42.3 Å². The number of hydrogen-bond acceptors (Lipinski definition) is 11. The van der Waals surface area contributed by atoms with Crippen LogP contribution in [0, 0.1) is 0 Å². The van der Waals surface area contributed by atoms with Gasteiger partial charge in [0.2, 0.25) is 0 Å². The maximum atomic E-state index is 13.0. The van der Waals surface area contributed by atoms with E-state index >= 15 is 0 Å². The Balaban J connectivity index is 1.47. The first-order valence-electron chi connectivity index (χ1n) is 12.6. The van der Waals surface area contributed by atoms with Crippen molar-refractivity contribution in [2.75, 3.05) is 25.6 Å². The second-order valence-corrected chi connectivity index (χ2v) is 9.17. The van der Waals surface area contributed by atoms with Crippen LogP contribution < -0.4 is 15.7 Å². The van der Waals surface area contributed by atoms with Crippen molar-refractivity contribution in [3.63, 3.8) is 0 Å². The van der Waals surface area contributed by atoms with Crippen LogP contribution in [0.1, 0.15) is 49.2 Å². The minimum absolute atomic E-state index is 0.0168. The molecule has 0 spiro atoms. The molecule has 1 unspecified atom stereocenters. The number of benzene rings is 1. The summed E-state index contributed by atoms with van der Waals surface area (Å²) in [5, 5.41) is 13.5. The van der Waals surface area contributed by atoms with E-state index in [1.165, 1.54) is 26.3 Å². The summed E-state index contributed by atoms with van der Waals surface area (Å²) in [4.78, 5) is 52.5. The highest BCUT2D eigenvalue weighted by molar-refractivity contribution is 6.03.